The first-order chi connectivity index (χ1) is 11.2. The summed E-state index contributed by atoms with van der Waals surface area (Å²) in [4.78, 5) is 0. The minimum absolute atomic E-state index is 0.615. The zero-order chi connectivity index (χ0) is 15.4. The molecule has 0 aliphatic carbocycles. The molecule has 2 aromatic carbocycles. The molecule has 2 aliphatic rings. The van der Waals surface area contributed by atoms with Crippen molar-refractivity contribution >= 4 is 33.7 Å². The van der Waals surface area contributed by atoms with E-state index in [0.29, 0.717) is 10.5 Å². The van der Waals surface area contributed by atoms with Crippen LogP contribution in [0.3, 0.4) is 0 Å². The number of benzene rings is 2. The summed E-state index contributed by atoms with van der Waals surface area (Å²) in [6, 6.07) is 14.4. The van der Waals surface area contributed by atoms with Crippen molar-refractivity contribution in [3.05, 3.63) is 48.0 Å². The normalized spacial score (nSPS) is 30.8. The fourth-order valence-corrected chi connectivity index (χ4v) is 6.26. The zero-order valence-electron chi connectivity index (χ0n) is 13.0. The third kappa shape index (κ3) is 2.21. The van der Waals surface area contributed by atoms with Crippen molar-refractivity contribution in [2.75, 3.05) is 0 Å². The summed E-state index contributed by atoms with van der Waals surface area (Å²) in [5.74, 6) is 0. The second kappa shape index (κ2) is 5.02. The SMILES string of the molecule is OC1(c2ccc3oc4ccccc4c3c2)CC2CCCC(C1)S2. The Morgan fingerprint density at radius 2 is 1.70 bits per heavy atom. The first kappa shape index (κ1) is 13.9. The van der Waals surface area contributed by atoms with Crippen LogP contribution in [0, 0.1) is 0 Å². The van der Waals surface area contributed by atoms with Gasteiger partial charge in [0.15, 0.2) is 0 Å². The maximum Gasteiger partial charge on any atom is 0.135 e. The van der Waals surface area contributed by atoms with Crippen LogP contribution in [0.15, 0.2) is 46.9 Å². The minimum Gasteiger partial charge on any atom is -0.456 e. The number of fused-ring (bicyclic) bond motifs is 5. The van der Waals surface area contributed by atoms with Crippen molar-refractivity contribution in [3.8, 4) is 0 Å². The maximum atomic E-state index is 11.4. The van der Waals surface area contributed by atoms with Crippen LogP contribution in [0.2, 0.25) is 0 Å². The number of para-hydroxylation sites is 1. The van der Waals surface area contributed by atoms with Gasteiger partial charge in [-0.25, -0.2) is 0 Å². The molecule has 0 amide bonds. The lowest BCUT2D eigenvalue weighted by atomic mass is 9.80. The highest BCUT2D eigenvalue weighted by atomic mass is 32.2. The van der Waals surface area contributed by atoms with Crippen molar-refractivity contribution in [2.45, 2.75) is 48.2 Å². The maximum absolute atomic E-state index is 11.4. The number of hydrogen-bond acceptors (Lipinski definition) is 3. The average Bonchev–Trinajstić information content (AvgIpc) is 2.92. The van der Waals surface area contributed by atoms with Gasteiger partial charge in [0.1, 0.15) is 11.2 Å². The molecule has 2 unspecified atom stereocenters. The predicted octanol–water partition coefficient (Wildman–Crippen LogP) is 5.22. The molecule has 23 heavy (non-hydrogen) atoms. The zero-order valence-corrected chi connectivity index (χ0v) is 13.8. The molecule has 0 radical (unpaired) electrons. The van der Waals surface area contributed by atoms with E-state index >= 15 is 0 Å². The van der Waals surface area contributed by atoms with Gasteiger partial charge in [0.05, 0.1) is 5.60 Å². The van der Waals surface area contributed by atoms with E-state index in [9.17, 15) is 5.11 Å². The Morgan fingerprint density at radius 1 is 0.957 bits per heavy atom. The number of rotatable bonds is 1. The third-order valence-corrected chi connectivity index (χ3v) is 7.06. The number of hydrogen-bond donors (Lipinski definition) is 1. The lowest BCUT2D eigenvalue weighted by molar-refractivity contribution is 0.00825. The van der Waals surface area contributed by atoms with Crippen LogP contribution >= 0.6 is 11.8 Å². The summed E-state index contributed by atoms with van der Waals surface area (Å²) in [7, 11) is 0. The van der Waals surface area contributed by atoms with Crippen molar-refractivity contribution in [1.82, 2.24) is 0 Å². The molecule has 2 bridgehead atoms. The van der Waals surface area contributed by atoms with Gasteiger partial charge in [-0.1, -0.05) is 30.7 Å². The Morgan fingerprint density at radius 3 is 2.52 bits per heavy atom. The van der Waals surface area contributed by atoms with Crippen LogP contribution < -0.4 is 0 Å². The highest BCUT2D eigenvalue weighted by molar-refractivity contribution is 8.00. The molecule has 2 atom stereocenters. The van der Waals surface area contributed by atoms with Gasteiger partial charge in [-0.2, -0.15) is 11.8 Å². The summed E-state index contributed by atoms with van der Waals surface area (Å²) in [5, 5.41) is 14.9. The van der Waals surface area contributed by atoms with Gasteiger partial charge in [-0.05, 0) is 49.4 Å². The van der Waals surface area contributed by atoms with Crippen molar-refractivity contribution in [2.24, 2.45) is 0 Å². The largest absolute Gasteiger partial charge is 0.456 e. The molecule has 2 nitrogen and oxygen atoms in total. The van der Waals surface area contributed by atoms with Crippen molar-refractivity contribution in [1.29, 1.82) is 0 Å². The Labute approximate surface area is 139 Å². The van der Waals surface area contributed by atoms with Crippen LogP contribution in [-0.2, 0) is 5.60 Å². The van der Waals surface area contributed by atoms with Gasteiger partial charge in [-0.15, -0.1) is 0 Å². The Hall–Kier alpha value is -1.45. The summed E-state index contributed by atoms with van der Waals surface area (Å²) in [6.07, 6.45) is 5.59. The quantitative estimate of drug-likeness (QED) is 0.666. The van der Waals surface area contributed by atoms with Gasteiger partial charge in [0, 0.05) is 21.3 Å². The molecule has 118 valence electrons. The van der Waals surface area contributed by atoms with Crippen molar-refractivity contribution < 1.29 is 9.52 Å². The number of aliphatic hydroxyl groups is 1. The molecule has 3 heterocycles. The Kier molecular flexibility index (Phi) is 3.04. The standard InChI is InChI=1S/C20H20O2S/c21-20(11-14-4-3-5-15(12-20)23-14)13-8-9-19-17(10-13)16-6-1-2-7-18(16)22-19/h1-2,6-10,14-15,21H,3-5,11-12H2. The predicted molar refractivity (Wildman–Crippen MR) is 95.9 cm³/mol. The van der Waals surface area contributed by atoms with E-state index in [-0.39, 0.29) is 0 Å². The van der Waals surface area contributed by atoms with E-state index in [1.54, 1.807) is 0 Å². The van der Waals surface area contributed by atoms with Gasteiger partial charge in [0.25, 0.3) is 0 Å². The second-order valence-corrected chi connectivity index (χ2v) is 8.67. The lowest BCUT2D eigenvalue weighted by Gasteiger charge is -2.44. The monoisotopic (exact) mass is 324 g/mol. The van der Waals surface area contributed by atoms with E-state index in [0.717, 1.165) is 40.3 Å². The molecular formula is C20H20O2S. The van der Waals surface area contributed by atoms with Crippen LogP contribution in [0.25, 0.3) is 21.9 Å². The van der Waals surface area contributed by atoms with Crippen LogP contribution in [0.1, 0.15) is 37.7 Å². The van der Waals surface area contributed by atoms with E-state index in [2.05, 4.69) is 30.0 Å². The molecule has 5 rings (SSSR count). The highest BCUT2D eigenvalue weighted by Gasteiger charge is 2.42. The fraction of sp³-hybridized carbons (Fsp3) is 0.400. The molecule has 2 saturated heterocycles. The number of furan rings is 1. The molecule has 0 saturated carbocycles. The average molecular weight is 324 g/mol. The smallest absolute Gasteiger partial charge is 0.135 e. The molecule has 0 spiro atoms. The third-order valence-electron chi connectivity index (χ3n) is 5.48. The molecule has 2 fully saturated rings. The topological polar surface area (TPSA) is 33.4 Å². The summed E-state index contributed by atoms with van der Waals surface area (Å²) < 4.78 is 5.92. The van der Waals surface area contributed by atoms with Gasteiger partial charge in [0.2, 0.25) is 0 Å². The highest BCUT2D eigenvalue weighted by Crippen LogP contribution is 2.50. The lowest BCUT2D eigenvalue weighted by Crippen LogP contribution is -2.40. The van der Waals surface area contributed by atoms with Gasteiger partial charge < -0.3 is 9.52 Å². The van der Waals surface area contributed by atoms with E-state index in [1.165, 1.54) is 19.3 Å². The van der Waals surface area contributed by atoms with Crippen LogP contribution in [0.5, 0.6) is 0 Å². The molecular weight excluding hydrogens is 304 g/mol. The molecule has 3 aromatic rings. The fourth-order valence-electron chi connectivity index (χ4n) is 4.37. The number of thioether (sulfide) groups is 1. The van der Waals surface area contributed by atoms with Crippen molar-refractivity contribution in [3.63, 3.8) is 0 Å². The summed E-state index contributed by atoms with van der Waals surface area (Å²) in [6.45, 7) is 0. The van der Waals surface area contributed by atoms with Gasteiger partial charge >= 0.3 is 0 Å². The summed E-state index contributed by atoms with van der Waals surface area (Å²) >= 11 is 2.10. The Bertz CT molecular complexity index is 870. The molecule has 2 aliphatic heterocycles. The van der Waals surface area contributed by atoms with E-state index < -0.39 is 5.60 Å². The first-order valence-corrected chi connectivity index (χ1v) is 9.45. The van der Waals surface area contributed by atoms with Crippen LogP contribution in [0.4, 0.5) is 0 Å². The minimum atomic E-state index is -0.673. The van der Waals surface area contributed by atoms with Crippen LogP contribution in [-0.4, -0.2) is 15.6 Å². The first-order valence-electron chi connectivity index (χ1n) is 8.51. The Balaban J connectivity index is 1.63. The molecule has 3 heteroatoms. The van der Waals surface area contributed by atoms with E-state index in [1.807, 2.05) is 24.3 Å². The molecule has 1 N–H and O–H groups in total. The second-order valence-electron chi connectivity index (χ2n) is 7.06. The summed E-state index contributed by atoms with van der Waals surface area (Å²) in [5.41, 5.74) is 2.22. The van der Waals surface area contributed by atoms with Gasteiger partial charge in [-0.3, -0.25) is 0 Å². The molecule has 1 aromatic heterocycles. The van der Waals surface area contributed by atoms with E-state index in [4.69, 9.17) is 4.42 Å².